The summed E-state index contributed by atoms with van der Waals surface area (Å²) in [5, 5.41) is 1.50. The van der Waals surface area contributed by atoms with Crippen LogP contribution in [0.1, 0.15) is 32.8 Å². The van der Waals surface area contributed by atoms with Crippen LogP contribution in [0, 0.1) is 5.92 Å². The zero-order valence-corrected chi connectivity index (χ0v) is 14.1. The lowest BCUT2D eigenvalue weighted by molar-refractivity contribution is 0.0251. The Bertz CT molecular complexity index is 496. The van der Waals surface area contributed by atoms with Gasteiger partial charge in [-0.15, -0.1) is 0 Å². The number of hydrogen-bond donors (Lipinski definition) is 0. The fourth-order valence-corrected chi connectivity index (χ4v) is 7.55. The minimum absolute atomic E-state index is 0.00240. The van der Waals surface area contributed by atoms with E-state index in [-0.39, 0.29) is 5.60 Å². The molecule has 0 aliphatic carbocycles. The molecule has 0 spiro atoms. The molecule has 110 valence electrons. The van der Waals surface area contributed by atoms with Crippen molar-refractivity contribution in [3.8, 4) is 0 Å². The molecule has 3 heteroatoms. The molecule has 2 aliphatic rings. The zero-order valence-electron chi connectivity index (χ0n) is 13.1. The largest absolute Gasteiger partial charge is 0.407 e. The van der Waals surface area contributed by atoms with Gasteiger partial charge in [0.2, 0.25) is 8.32 Å². The normalized spacial score (nSPS) is 35.8. The van der Waals surface area contributed by atoms with E-state index in [0.717, 1.165) is 13.0 Å². The average molecular weight is 290 g/mol. The van der Waals surface area contributed by atoms with Crippen LogP contribution in [0.2, 0.25) is 12.6 Å². The molecule has 0 amide bonds. The summed E-state index contributed by atoms with van der Waals surface area (Å²) in [4.78, 5) is 0. The molecule has 0 saturated carbocycles. The highest BCUT2D eigenvalue weighted by Gasteiger charge is 2.45. The predicted octanol–water partition coefficient (Wildman–Crippen LogP) is 3.25. The van der Waals surface area contributed by atoms with Crippen LogP contribution in [-0.2, 0) is 15.6 Å². The Kier molecular flexibility index (Phi) is 3.55. The van der Waals surface area contributed by atoms with E-state index in [2.05, 4.69) is 51.6 Å². The molecule has 2 fully saturated rings. The summed E-state index contributed by atoms with van der Waals surface area (Å²) in [6.07, 6.45) is 2.78. The molecule has 3 unspecified atom stereocenters. The first-order valence-electron chi connectivity index (χ1n) is 7.81. The van der Waals surface area contributed by atoms with E-state index in [1.165, 1.54) is 23.2 Å². The Balaban J connectivity index is 1.91. The summed E-state index contributed by atoms with van der Waals surface area (Å²) in [6.45, 7) is 10.2. The quantitative estimate of drug-likeness (QED) is 0.629. The molecular formula is C17H26O2Si. The van der Waals surface area contributed by atoms with Gasteiger partial charge in [0.1, 0.15) is 0 Å². The second-order valence-corrected chi connectivity index (χ2v) is 10.9. The van der Waals surface area contributed by atoms with Crippen molar-refractivity contribution in [1.82, 2.24) is 0 Å². The minimum Gasteiger partial charge on any atom is -0.407 e. The molecular weight excluding hydrogens is 264 g/mol. The lowest BCUT2D eigenvalue weighted by atomic mass is 9.91. The minimum atomic E-state index is -1.83. The average Bonchev–Trinajstić information content (AvgIpc) is 3.18. The molecule has 1 aromatic rings. The molecule has 0 bridgehead atoms. The Morgan fingerprint density at radius 1 is 1.30 bits per heavy atom. The van der Waals surface area contributed by atoms with Crippen LogP contribution in [0.4, 0.5) is 0 Å². The van der Waals surface area contributed by atoms with E-state index >= 15 is 0 Å². The van der Waals surface area contributed by atoms with Crippen molar-refractivity contribution < 1.29 is 9.16 Å². The van der Waals surface area contributed by atoms with Crippen LogP contribution in [-0.4, -0.2) is 26.6 Å². The smallest absolute Gasteiger partial charge is 0.222 e. The first-order chi connectivity index (χ1) is 9.41. The third kappa shape index (κ3) is 2.72. The zero-order chi connectivity index (χ0) is 14.4. The van der Waals surface area contributed by atoms with Gasteiger partial charge < -0.3 is 9.16 Å². The highest BCUT2D eigenvalue weighted by Crippen LogP contribution is 2.37. The Labute approximate surface area is 123 Å². The van der Waals surface area contributed by atoms with E-state index in [1.54, 1.807) is 0 Å². The second-order valence-electron chi connectivity index (χ2n) is 7.19. The number of hydrogen-bond acceptors (Lipinski definition) is 2. The second kappa shape index (κ2) is 4.97. The van der Waals surface area contributed by atoms with E-state index in [1.807, 2.05) is 0 Å². The molecule has 3 atom stereocenters. The fraction of sp³-hybridized carbons (Fsp3) is 0.647. The molecule has 2 saturated heterocycles. The van der Waals surface area contributed by atoms with Gasteiger partial charge in [-0.25, -0.2) is 0 Å². The van der Waals surface area contributed by atoms with Crippen molar-refractivity contribution in [2.75, 3.05) is 6.61 Å². The highest BCUT2D eigenvalue weighted by atomic mass is 28.4. The Morgan fingerprint density at radius 2 is 2.00 bits per heavy atom. The summed E-state index contributed by atoms with van der Waals surface area (Å²) in [5.41, 5.74) is 1.46. The van der Waals surface area contributed by atoms with E-state index < -0.39 is 8.32 Å². The van der Waals surface area contributed by atoms with Gasteiger partial charge >= 0.3 is 0 Å². The molecule has 0 radical (unpaired) electrons. The van der Waals surface area contributed by atoms with Crippen molar-refractivity contribution in [3.05, 3.63) is 29.8 Å². The van der Waals surface area contributed by atoms with E-state index in [0.29, 0.717) is 12.0 Å². The SMILES string of the molecule is CC1CC[Si](C)(c2ccccc2CC2CO2)OC1(C)C. The fourth-order valence-electron chi connectivity index (χ4n) is 3.41. The maximum atomic E-state index is 6.70. The molecule has 2 aliphatic heterocycles. The van der Waals surface area contributed by atoms with Crippen molar-refractivity contribution in [3.63, 3.8) is 0 Å². The lowest BCUT2D eigenvalue weighted by Crippen LogP contribution is -2.59. The molecule has 0 aromatic heterocycles. The molecule has 1 aromatic carbocycles. The van der Waals surface area contributed by atoms with Gasteiger partial charge in [0.15, 0.2) is 0 Å². The first kappa shape index (κ1) is 14.3. The third-order valence-electron chi connectivity index (χ3n) is 5.17. The lowest BCUT2D eigenvalue weighted by Gasteiger charge is -2.47. The number of benzene rings is 1. The van der Waals surface area contributed by atoms with Crippen LogP contribution in [0.5, 0.6) is 0 Å². The van der Waals surface area contributed by atoms with Crippen LogP contribution < -0.4 is 5.19 Å². The summed E-state index contributed by atoms with van der Waals surface area (Å²) in [6, 6.07) is 10.1. The monoisotopic (exact) mass is 290 g/mol. The number of epoxide rings is 1. The van der Waals surface area contributed by atoms with Gasteiger partial charge in [0, 0.05) is 6.42 Å². The van der Waals surface area contributed by atoms with Gasteiger partial charge in [0.25, 0.3) is 0 Å². The van der Waals surface area contributed by atoms with E-state index in [9.17, 15) is 0 Å². The summed E-state index contributed by atoms with van der Waals surface area (Å²) < 4.78 is 12.1. The van der Waals surface area contributed by atoms with Crippen molar-refractivity contribution >= 4 is 13.5 Å². The molecule has 20 heavy (non-hydrogen) atoms. The molecule has 2 nitrogen and oxygen atoms in total. The Hall–Kier alpha value is -0.643. The van der Waals surface area contributed by atoms with E-state index in [4.69, 9.17) is 9.16 Å². The molecule has 2 heterocycles. The highest BCUT2D eigenvalue weighted by molar-refractivity contribution is 6.86. The van der Waals surface area contributed by atoms with Crippen molar-refractivity contribution in [2.45, 2.75) is 57.9 Å². The third-order valence-corrected chi connectivity index (χ3v) is 9.01. The van der Waals surface area contributed by atoms with Gasteiger partial charge in [-0.3, -0.25) is 0 Å². The topological polar surface area (TPSA) is 21.8 Å². The van der Waals surface area contributed by atoms with Crippen LogP contribution in [0.3, 0.4) is 0 Å². The summed E-state index contributed by atoms with van der Waals surface area (Å²) >= 11 is 0. The first-order valence-corrected chi connectivity index (χ1v) is 10.4. The van der Waals surface area contributed by atoms with Gasteiger partial charge in [-0.2, -0.15) is 0 Å². The Morgan fingerprint density at radius 3 is 2.65 bits per heavy atom. The van der Waals surface area contributed by atoms with Crippen LogP contribution >= 0.6 is 0 Å². The van der Waals surface area contributed by atoms with Crippen LogP contribution in [0.15, 0.2) is 24.3 Å². The van der Waals surface area contributed by atoms with Crippen LogP contribution in [0.25, 0.3) is 0 Å². The summed E-state index contributed by atoms with van der Waals surface area (Å²) in [7, 11) is -1.83. The molecule has 3 rings (SSSR count). The number of rotatable bonds is 3. The maximum Gasteiger partial charge on any atom is 0.222 e. The summed E-state index contributed by atoms with van der Waals surface area (Å²) in [5.74, 6) is 0.641. The van der Waals surface area contributed by atoms with Crippen molar-refractivity contribution in [1.29, 1.82) is 0 Å². The van der Waals surface area contributed by atoms with Gasteiger partial charge in [0.05, 0.1) is 18.3 Å². The van der Waals surface area contributed by atoms with Crippen molar-refractivity contribution in [2.24, 2.45) is 5.92 Å². The number of ether oxygens (including phenoxy) is 1. The molecule has 0 N–H and O–H groups in total. The van der Waals surface area contributed by atoms with Gasteiger partial charge in [-0.1, -0.05) is 31.2 Å². The van der Waals surface area contributed by atoms with Gasteiger partial charge in [-0.05, 0) is 49.5 Å². The predicted molar refractivity (Wildman–Crippen MR) is 84.9 cm³/mol. The maximum absolute atomic E-state index is 6.70. The standard InChI is InChI=1S/C17H26O2Si/c1-13-9-10-20(4,19-17(13,2)3)16-8-6-5-7-14(16)11-15-12-18-15/h5-8,13,15H,9-12H2,1-4H3.